The molecule has 2 nitrogen and oxygen atoms in total. The average molecular weight is 190 g/mol. The molecule has 0 bridgehead atoms. The van der Waals surface area contributed by atoms with Gasteiger partial charge in [0.1, 0.15) is 0 Å². The average Bonchev–Trinajstić information content (AvgIpc) is 2.17. The zero-order chi connectivity index (χ0) is 10.4. The number of rotatable bonds is 5. The molecule has 1 unspecified atom stereocenters. The Balaban J connectivity index is 2.53. The van der Waals surface area contributed by atoms with Crippen molar-refractivity contribution in [2.45, 2.75) is 25.8 Å². The van der Waals surface area contributed by atoms with Crippen LogP contribution >= 0.6 is 0 Å². The zero-order valence-electron chi connectivity index (χ0n) is 8.96. The number of nitrogens with one attached hydrogen (secondary N) is 1. The number of pyridine rings is 1. The normalized spacial score (nSPS) is 12.4. The third-order valence-corrected chi connectivity index (χ3v) is 2.18. The number of hydrogen-bond acceptors (Lipinski definition) is 2. The van der Waals surface area contributed by atoms with E-state index in [1.807, 2.05) is 25.4 Å². The monoisotopic (exact) mass is 190 g/mol. The quantitative estimate of drug-likeness (QED) is 0.720. The maximum absolute atomic E-state index is 4.30. The Labute approximate surface area is 86.1 Å². The summed E-state index contributed by atoms with van der Waals surface area (Å²) in [6, 6.07) is 6.47. The van der Waals surface area contributed by atoms with Crippen LogP contribution in [0.3, 0.4) is 0 Å². The molecule has 0 saturated heterocycles. The molecular weight excluding hydrogens is 172 g/mol. The lowest BCUT2D eigenvalue weighted by Gasteiger charge is -2.15. The Morgan fingerprint density at radius 3 is 2.86 bits per heavy atom. The molecule has 0 amide bonds. The van der Waals surface area contributed by atoms with E-state index >= 15 is 0 Å². The molecule has 1 N–H and O–H groups in total. The molecule has 76 valence electrons. The molecule has 0 aromatic carbocycles. The van der Waals surface area contributed by atoms with Crippen molar-refractivity contribution in [1.82, 2.24) is 10.3 Å². The van der Waals surface area contributed by atoms with E-state index in [2.05, 4.69) is 29.9 Å². The summed E-state index contributed by atoms with van der Waals surface area (Å²) in [5, 5.41) is 3.28. The number of aromatic nitrogens is 1. The zero-order valence-corrected chi connectivity index (χ0v) is 8.96. The van der Waals surface area contributed by atoms with Crippen molar-refractivity contribution in [3.63, 3.8) is 0 Å². The van der Waals surface area contributed by atoms with Crippen LogP contribution in [0.25, 0.3) is 0 Å². The van der Waals surface area contributed by atoms with Gasteiger partial charge < -0.3 is 5.32 Å². The molecule has 0 saturated carbocycles. The highest BCUT2D eigenvalue weighted by Crippen LogP contribution is 2.07. The van der Waals surface area contributed by atoms with Gasteiger partial charge in [0.15, 0.2) is 0 Å². The van der Waals surface area contributed by atoms with E-state index in [-0.39, 0.29) is 0 Å². The minimum Gasteiger partial charge on any atom is -0.316 e. The minimum absolute atomic E-state index is 0.447. The second-order valence-electron chi connectivity index (χ2n) is 3.67. The molecule has 0 aliphatic rings. The first-order valence-electron chi connectivity index (χ1n) is 4.94. The number of nitrogens with zero attached hydrogens (tertiary/aromatic N) is 1. The first-order chi connectivity index (χ1) is 6.72. The van der Waals surface area contributed by atoms with Gasteiger partial charge in [-0.3, -0.25) is 4.98 Å². The van der Waals surface area contributed by atoms with Gasteiger partial charge in [-0.05, 0) is 32.5 Å². The van der Waals surface area contributed by atoms with E-state index in [9.17, 15) is 0 Å². The highest BCUT2D eigenvalue weighted by Gasteiger charge is 2.07. The maximum Gasteiger partial charge on any atom is 0.0419 e. The van der Waals surface area contributed by atoms with Crippen LogP contribution in [0.5, 0.6) is 0 Å². The lowest BCUT2D eigenvalue weighted by Crippen LogP contribution is -2.28. The van der Waals surface area contributed by atoms with Crippen LogP contribution in [-0.4, -0.2) is 18.1 Å². The van der Waals surface area contributed by atoms with Crippen LogP contribution in [0, 0.1) is 0 Å². The second kappa shape index (κ2) is 5.55. The summed E-state index contributed by atoms with van der Waals surface area (Å²) in [7, 11) is 1.98. The van der Waals surface area contributed by atoms with Crippen molar-refractivity contribution in [3.05, 3.63) is 42.2 Å². The van der Waals surface area contributed by atoms with E-state index in [0.717, 1.165) is 18.5 Å². The summed E-state index contributed by atoms with van der Waals surface area (Å²) in [5.41, 5.74) is 2.34. The minimum atomic E-state index is 0.447. The molecule has 0 fully saturated rings. The molecular formula is C12H18N2. The van der Waals surface area contributed by atoms with E-state index in [1.165, 1.54) is 5.57 Å². The molecule has 1 aromatic heterocycles. The summed E-state index contributed by atoms with van der Waals surface area (Å²) >= 11 is 0. The molecule has 14 heavy (non-hydrogen) atoms. The van der Waals surface area contributed by atoms with Crippen LogP contribution in [0.4, 0.5) is 0 Å². The standard InChI is InChI=1S/C12H18N2/c1-10(2)8-12(13-3)9-11-6-4-5-7-14-11/h4-7,12-13H,1,8-9H2,2-3H3. The van der Waals surface area contributed by atoms with Gasteiger partial charge in [0.05, 0.1) is 0 Å². The molecule has 1 rings (SSSR count). The molecule has 0 spiro atoms. The van der Waals surface area contributed by atoms with Gasteiger partial charge in [-0.15, -0.1) is 6.58 Å². The SMILES string of the molecule is C=C(C)CC(Cc1ccccn1)NC. The Hall–Kier alpha value is -1.15. The van der Waals surface area contributed by atoms with E-state index in [1.54, 1.807) is 0 Å². The molecule has 0 aliphatic heterocycles. The van der Waals surface area contributed by atoms with Crippen LogP contribution in [0.2, 0.25) is 0 Å². The van der Waals surface area contributed by atoms with Crippen molar-refractivity contribution in [3.8, 4) is 0 Å². The fraction of sp³-hybridized carbons (Fsp3) is 0.417. The van der Waals surface area contributed by atoms with Gasteiger partial charge in [-0.25, -0.2) is 0 Å². The van der Waals surface area contributed by atoms with Gasteiger partial charge in [0.25, 0.3) is 0 Å². The number of hydrogen-bond donors (Lipinski definition) is 1. The van der Waals surface area contributed by atoms with Crippen LogP contribution in [0.15, 0.2) is 36.5 Å². The molecule has 1 heterocycles. The van der Waals surface area contributed by atoms with Gasteiger partial charge in [0, 0.05) is 24.4 Å². The first kappa shape index (κ1) is 10.9. The summed E-state index contributed by atoms with van der Waals surface area (Å²) in [4.78, 5) is 4.30. The van der Waals surface area contributed by atoms with Crippen molar-refractivity contribution in [1.29, 1.82) is 0 Å². The van der Waals surface area contributed by atoms with Crippen molar-refractivity contribution in [2.24, 2.45) is 0 Å². The Morgan fingerprint density at radius 2 is 2.36 bits per heavy atom. The highest BCUT2D eigenvalue weighted by atomic mass is 14.9. The highest BCUT2D eigenvalue weighted by molar-refractivity contribution is 5.06. The summed E-state index contributed by atoms with van der Waals surface area (Å²) < 4.78 is 0. The predicted molar refractivity (Wildman–Crippen MR) is 60.2 cm³/mol. The molecule has 1 aromatic rings. The summed E-state index contributed by atoms with van der Waals surface area (Å²) in [5.74, 6) is 0. The van der Waals surface area contributed by atoms with Gasteiger partial charge in [-0.2, -0.15) is 0 Å². The summed E-state index contributed by atoms with van der Waals surface area (Å²) in [6.45, 7) is 5.98. The first-order valence-corrected chi connectivity index (χ1v) is 4.94. The molecule has 0 radical (unpaired) electrons. The Bertz CT molecular complexity index is 280. The van der Waals surface area contributed by atoms with E-state index in [4.69, 9.17) is 0 Å². The van der Waals surface area contributed by atoms with Crippen LogP contribution in [0.1, 0.15) is 19.0 Å². The Kier molecular flexibility index (Phi) is 4.33. The number of likely N-dealkylation sites (N-methyl/N-ethyl adjacent to an activating group) is 1. The summed E-state index contributed by atoms with van der Waals surface area (Å²) in [6.07, 6.45) is 3.81. The Morgan fingerprint density at radius 1 is 1.57 bits per heavy atom. The molecule has 0 aliphatic carbocycles. The van der Waals surface area contributed by atoms with Crippen LogP contribution < -0.4 is 5.32 Å². The lowest BCUT2D eigenvalue weighted by atomic mass is 10.0. The van der Waals surface area contributed by atoms with Gasteiger partial charge in [0.2, 0.25) is 0 Å². The van der Waals surface area contributed by atoms with Crippen molar-refractivity contribution < 1.29 is 0 Å². The fourth-order valence-electron chi connectivity index (χ4n) is 1.47. The van der Waals surface area contributed by atoms with E-state index < -0.39 is 0 Å². The van der Waals surface area contributed by atoms with Crippen molar-refractivity contribution in [2.75, 3.05) is 7.05 Å². The maximum atomic E-state index is 4.30. The smallest absolute Gasteiger partial charge is 0.0419 e. The predicted octanol–water partition coefficient (Wildman–Crippen LogP) is 2.18. The van der Waals surface area contributed by atoms with Gasteiger partial charge in [-0.1, -0.05) is 11.6 Å². The van der Waals surface area contributed by atoms with Crippen molar-refractivity contribution >= 4 is 0 Å². The molecule has 2 heteroatoms. The van der Waals surface area contributed by atoms with E-state index in [0.29, 0.717) is 6.04 Å². The third-order valence-electron chi connectivity index (χ3n) is 2.18. The topological polar surface area (TPSA) is 24.9 Å². The second-order valence-corrected chi connectivity index (χ2v) is 3.67. The van der Waals surface area contributed by atoms with Crippen LogP contribution in [-0.2, 0) is 6.42 Å². The fourth-order valence-corrected chi connectivity index (χ4v) is 1.47. The third kappa shape index (κ3) is 3.71. The molecule has 1 atom stereocenters. The van der Waals surface area contributed by atoms with Gasteiger partial charge >= 0.3 is 0 Å². The lowest BCUT2D eigenvalue weighted by molar-refractivity contribution is 0.549. The largest absolute Gasteiger partial charge is 0.316 e.